The number of rotatable bonds is 7. The highest BCUT2D eigenvalue weighted by Crippen LogP contribution is 2.38. The Morgan fingerprint density at radius 2 is 2.03 bits per heavy atom. The fourth-order valence-corrected chi connectivity index (χ4v) is 7.25. The largest absolute Gasteiger partial charge is 0.506 e. The summed E-state index contributed by atoms with van der Waals surface area (Å²) in [4.78, 5) is 32.4. The van der Waals surface area contributed by atoms with Gasteiger partial charge in [0.25, 0.3) is 5.56 Å². The normalized spacial score (nSPS) is 15.4. The molecule has 0 fully saturated rings. The fourth-order valence-electron chi connectivity index (χ4n) is 4.17. The number of ether oxygens (including phenoxy) is 2. The molecule has 1 aliphatic rings. The topological polar surface area (TPSA) is 90.1 Å². The molecule has 0 unspecified atom stereocenters. The number of halogens is 3. The van der Waals surface area contributed by atoms with E-state index in [1.807, 2.05) is 13.0 Å². The molecule has 1 atom stereocenters. The number of allylic oxidation sites excluding steroid dienone is 1. The maximum Gasteiger partial charge on any atom is 0.338 e. The third-order valence-corrected chi connectivity index (χ3v) is 8.39. The van der Waals surface area contributed by atoms with E-state index in [2.05, 4.69) is 45.2 Å². The minimum Gasteiger partial charge on any atom is -0.506 e. The second kappa shape index (κ2) is 11.9. The molecule has 7 nitrogen and oxygen atoms in total. The molecule has 0 saturated carbocycles. The lowest BCUT2D eigenvalue weighted by Crippen LogP contribution is -2.40. The van der Waals surface area contributed by atoms with Gasteiger partial charge in [-0.1, -0.05) is 36.3 Å². The first kappa shape index (κ1) is 28.1. The van der Waals surface area contributed by atoms with Crippen molar-refractivity contribution in [1.82, 2.24) is 4.57 Å². The van der Waals surface area contributed by atoms with Crippen LogP contribution >= 0.6 is 68.1 Å². The third kappa shape index (κ3) is 5.62. The summed E-state index contributed by atoms with van der Waals surface area (Å²) >= 11 is 11.8. The molecule has 2 heterocycles. The molecule has 4 rings (SSSR count). The molecular weight excluding hydrogens is 742 g/mol. The highest BCUT2D eigenvalue weighted by atomic mass is 127. The summed E-state index contributed by atoms with van der Waals surface area (Å²) in [6, 6.07) is 7.91. The van der Waals surface area contributed by atoms with E-state index in [-0.39, 0.29) is 23.5 Å². The van der Waals surface area contributed by atoms with E-state index in [1.54, 1.807) is 37.3 Å². The molecule has 0 saturated heterocycles. The summed E-state index contributed by atoms with van der Waals surface area (Å²) in [6.07, 6.45) is 2.92. The Bertz CT molecular complexity index is 1600. The summed E-state index contributed by atoms with van der Waals surface area (Å²) in [7, 11) is 1.53. The predicted molar refractivity (Wildman–Crippen MR) is 161 cm³/mol. The molecule has 1 aliphatic heterocycles. The first-order chi connectivity index (χ1) is 17.7. The number of aromatic hydroxyl groups is 1. The van der Waals surface area contributed by atoms with Gasteiger partial charge >= 0.3 is 5.97 Å². The zero-order valence-electron chi connectivity index (χ0n) is 20.2. The van der Waals surface area contributed by atoms with E-state index in [1.165, 1.54) is 23.0 Å². The van der Waals surface area contributed by atoms with Crippen molar-refractivity contribution < 1.29 is 19.4 Å². The molecular formula is C26H23ClI2N2O5S. The van der Waals surface area contributed by atoms with Gasteiger partial charge in [-0.2, -0.15) is 0 Å². The molecule has 3 aromatic rings. The summed E-state index contributed by atoms with van der Waals surface area (Å²) in [5.41, 5.74) is 1.58. The van der Waals surface area contributed by atoms with Crippen molar-refractivity contribution in [2.75, 3.05) is 13.7 Å². The zero-order valence-corrected chi connectivity index (χ0v) is 26.1. The number of phenols is 1. The second-order valence-corrected chi connectivity index (χ2v) is 12.0. The van der Waals surface area contributed by atoms with Gasteiger partial charge in [-0.25, -0.2) is 9.79 Å². The molecule has 194 valence electrons. The Hall–Kier alpha value is -1.90. The van der Waals surface area contributed by atoms with Crippen LogP contribution in [0.15, 0.2) is 51.4 Å². The molecule has 2 aromatic carbocycles. The number of phenolic OH excluding ortho intramolecular Hbond substituents is 1. The van der Waals surface area contributed by atoms with Crippen molar-refractivity contribution in [2.45, 2.75) is 32.7 Å². The van der Waals surface area contributed by atoms with Crippen LogP contribution in [0, 0.1) is 7.14 Å². The number of fused-ring (bicyclic) bond motifs is 1. The SMILES string of the molecule is CCCC1=C(C(=O)OCC)[C@H](c2cc(Cl)ccc2OC)n2c(s/c(=C/c3cc(I)cc(I)c3O)c2=O)=N1. The number of benzene rings is 2. The third-order valence-electron chi connectivity index (χ3n) is 5.72. The number of thiazole rings is 1. The number of esters is 1. The van der Waals surface area contributed by atoms with Gasteiger partial charge in [0.15, 0.2) is 4.80 Å². The lowest BCUT2D eigenvalue weighted by Gasteiger charge is -2.27. The van der Waals surface area contributed by atoms with E-state index < -0.39 is 12.0 Å². The van der Waals surface area contributed by atoms with Crippen molar-refractivity contribution in [1.29, 1.82) is 0 Å². The molecule has 1 aromatic heterocycles. The van der Waals surface area contributed by atoms with Crippen LogP contribution in [0.2, 0.25) is 5.02 Å². The molecule has 0 spiro atoms. The van der Waals surface area contributed by atoms with E-state index in [0.717, 1.165) is 9.99 Å². The molecule has 0 radical (unpaired) electrons. The zero-order chi connectivity index (χ0) is 26.9. The van der Waals surface area contributed by atoms with E-state index >= 15 is 0 Å². The van der Waals surface area contributed by atoms with Gasteiger partial charge in [-0.05, 0) is 94.9 Å². The highest BCUT2D eigenvalue weighted by Gasteiger charge is 2.36. The van der Waals surface area contributed by atoms with Crippen LogP contribution in [-0.4, -0.2) is 29.4 Å². The number of aromatic nitrogens is 1. The summed E-state index contributed by atoms with van der Waals surface area (Å²) in [6.45, 7) is 3.91. The first-order valence-corrected chi connectivity index (χ1v) is 14.8. The summed E-state index contributed by atoms with van der Waals surface area (Å²) < 4.78 is 14.5. The number of hydrogen-bond donors (Lipinski definition) is 1. The maximum atomic E-state index is 13.9. The average Bonchev–Trinajstić information content (AvgIpc) is 3.16. The van der Waals surface area contributed by atoms with Crippen LogP contribution in [-0.2, 0) is 9.53 Å². The monoisotopic (exact) mass is 764 g/mol. The van der Waals surface area contributed by atoms with E-state index in [9.17, 15) is 14.7 Å². The number of carbonyl (C=O) groups is 1. The van der Waals surface area contributed by atoms with Gasteiger partial charge in [0, 0.05) is 19.7 Å². The summed E-state index contributed by atoms with van der Waals surface area (Å²) in [5, 5.41) is 11.1. The smallest absolute Gasteiger partial charge is 0.338 e. The fraction of sp³-hybridized carbons (Fsp3) is 0.269. The minimum absolute atomic E-state index is 0.0961. The molecule has 37 heavy (non-hydrogen) atoms. The average molecular weight is 765 g/mol. The van der Waals surface area contributed by atoms with Gasteiger partial charge in [0.1, 0.15) is 17.5 Å². The van der Waals surface area contributed by atoms with Crippen molar-refractivity contribution in [3.05, 3.63) is 84.6 Å². The van der Waals surface area contributed by atoms with Crippen LogP contribution in [0.25, 0.3) is 6.08 Å². The van der Waals surface area contributed by atoms with Gasteiger partial charge < -0.3 is 14.6 Å². The lowest BCUT2D eigenvalue weighted by atomic mass is 9.93. The Morgan fingerprint density at radius 1 is 1.27 bits per heavy atom. The number of nitrogens with zero attached hydrogens (tertiary/aromatic N) is 2. The summed E-state index contributed by atoms with van der Waals surface area (Å²) in [5.74, 6) is 0.0351. The quantitative estimate of drug-likeness (QED) is 0.266. The molecule has 1 N–H and O–H groups in total. The van der Waals surface area contributed by atoms with Crippen LogP contribution in [0.3, 0.4) is 0 Å². The van der Waals surface area contributed by atoms with Gasteiger partial charge in [-0.15, -0.1) is 0 Å². The Morgan fingerprint density at radius 3 is 2.70 bits per heavy atom. The second-order valence-electron chi connectivity index (χ2n) is 8.13. The lowest BCUT2D eigenvalue weighted by molar-refractivity contribution is -0.139. The first-order valence-electron chi connectivity index (χ1n) is 11.4. The predicted octanol–water partition coefficient (Wildman–Crippen LogP) is 5.16. The van der Waals surface area contributed by atoms with Crippen molar-refractivity contribution >= 4 is 80.2 Å². The van der Waals surface area contributed by atoms with Gasteiger partial charge in [0.05, 0.1) is 33.1 Å². The van der Waals surface area contributed by atoms with Crippen LogP contribution < -0.4 is 19.6 Å². The van der Waals surface area contributed by atoms with Crippen LogP contribution in [0.1, 0.15) is 43.9 Å². The van der Waals surface area contributed by atoms with Gasteiger partial charge in [-0.3, -0.25) is 9.36 Å². The maximum absolute atomic E-state index is 13.9. The molecule has 0 aliphatic carbocycles. The number of methoxy groups -OCH3 is 1. The van der Waals surface area contributed by atoms with E-state index in [4.69, 9.17) is 26.1 Å². The van der Waals surface area contributed by atoms with Gasteiger partial charge in [0.2, 0.25) is 0 Å². The molecule has 0 amide bonds. The van der Waals surface area contributed by atoms with Crippen LogP contribution in [0.5, 0.6) is 11.5 Å². The number of carbonyl (C=O) groups excluding carboxylic acids is 1. The van der Waals surface area contributed by atoms with Crippen molar-refractivity contribution in [3.63, 3.8) is 0 Å². The standard InChI is InChI=1S/C26H23ClI2N2O5S/c1-4-6-18-21(25(34)36-5-2)22(16-11-14(27)7-8-19(16)35-3)31-24(33)20(37-26(31)30-18)10-13-9-15(28)12-17(29)23(13)32/h7-12,22,32H,4-6H2,1-3H3/b20-10+/t22-/m0/s1. The molecule has 11 heteroatoms. The Labute approximate surface area is 249 Å². The van der Waals surface area contributed by atoms with E-state index in [0.29, 0.717) is 46.9 Å². The Kier molecular flexibility index (Phi) is 9.02. The highest BCUT2D eigenvalue weighted by molar-refractivity contribution is 14.1. The van der Waals surface area contributed by atoms with Crippen LogP contribution in [0.4, 0.5) is 0 Å². The molecule has 0 bridgehead atoms. The number of hydrogen-bond acceptors (Lipinski definition) is 7. The van der Waals surface area contributed by atoms with Crippen molar-refractivity contribution in [2.24, 2.45) is 4.99 Å². The Balaban J connectivity index is 2.08. The minimum atomic E-state index is -0.850. The van der Waals surface area contributed by atoms with Crippen molar-refractivity contribution in [3.8, 4) is 11.5 Å².